The Labute approximate surface area is 107 Å². The number of rotatable bonds is 4. The fraction of sp³-hybridized carbons (Fsp3) is 1.00. The van der Waals surface area contributed by atoms with E-state index >= 15 is 0 Å². The number of likely N-dealkylation sites (N-methyl/N-ethyl adjacent to an activating group) is 1. The summed E-state index contributed by atoms with van der Waals surface area (Å²) in [6.45, 7) is 8.32. The smallest absolute Gasteiger partial charge is 0.0223 e. The van der Waals surface area contributed by atoms with E-state index in [0.717, 1.165) is 24.5 Å². The molecular formula is C15H30N2. The first-order chi connectivity index (χ1) is 8.31. The van der Waals surface area contributed by atoms with Gasteiger partial charge in [0, 0.05) is 18.6 Å². The Morgan fingerprint density at radius 2 is 1.82 bits per heavy atom. The zero-order valence-corrected chi connectivity index (χ0v) is 11.8. The molecule has 1 saturated heterocycles. The predicted molar refractivity (Wildman–Crippen MR) is 74.3 cm³/mol. The summed E-state index contributed by atoms with van der Waals surface area (Å²) in [5.74, 6) is 0.975. The van der Waals surface area contributed by atoms with Gasteiger partial charge in [0.05, 0.1) is 0 Å². The van der Waals surface area contributed by atoms with Gasteiger partial charge in [-0.05, 0) is 57.5 Å². The van der Waals surface area contributed by atoms with Crippen LogP contribution in [0.1, 0.15) is 58.8 Å². The van der Waals surface area contributed by atoms with Crippen LogP contribution in [0.2, 0.25) is 0 Å². The van der Waals surface area contributed by atoms with Crippen molar-refractivity contribution in [3.63, 3.8) is 0 Å². The van der Waals surface area contributed by atoms with Crippen LogP contribution in [0.3, 0.4) is 0 Å². The Bertz CT molecular complexity index is 204. The highest BCUT2D eigenvalue weighted by Gasteiger charge is 2.30. The normalized spacial score (nSPS) is 36.0. The second-order valence-electron chi connectivity index (χ2n) is 6.11. The molecule has 2 rings (SSSR count). The Morgan fingerprint density at radius 1 is 1.06 bits per heavy atom. The number of hydrogen-bond donors (Lipinski definition) is 1. The van der Waals surface area contributed by atoms with Gasteiger partial charge in [-0.1, -0.05) is 20.3 Å². The van der Waals surface area contributed by atoms with Crippen molar-refractivity contribution in [2.45, 2.75) is 70.9 Å². The fourth-order valence-corrected chi connectivity index (χ4v) is 3.61. The summed E-state index contributed by atoms with van der Waals surface area (Å²) < 4.78 is 0. The number of likely N-dealkylation sites (tertiary alicyclic amines) is 1. The van der Waals surface area contributed by atoms with E-state index in [2.05, 4.69) is 24.1 Å². The Balaban J connectivity index is 1.86. The van der Waals surface area contributed by atoms with Gasteiger partial charge in [-0.25, -0.2) is 0 Å². The molecule has 100 valence electrons. The highest BCUT2D eigenvalue weighted by molar-refractivity contribution is 4.86. The molecule has 0 spiro atoms. The molecule has 17 heavy (non-hydrogen) atoms. The molecule has 2 fully saturated rings. The maximum atomic E-state index is 3.55. The molecule has 2 nitrogen and oxygen atoms in total. The van der Waals surface area contributed by atoms with Crippen LogP contribution in [0.4, 0.5) is 0 Å². The van der Waals surface area contributed by atoms with Crippen LogP contribution < -0.4 is 5.32 Å². The van der Waals surface area contributed by atoms with Gasteiger partial charge in [-0.2, -0.15) is 0 Å². The third kappa shape index (κ3) is 3.69. The zero-order valence-electron chi connectivity index (χ0n) is 11.8. The SMILES string of the molecule is CCNCC1CCCCN1C1CCC(C)CC1. The third-order valence-corrected chi connectivity index (χ3v) is 4.76. The first-order valence-electron chi connectivity index (χ1n) is 7.77. The van der Waals surface area contributed by atoms with Crippen LogP contribution in [0.15, 0.2) is 0 Å². The van der Waals surface area contributed by atoms with Gasteiger partial charge in [0.25, 0.3) is 0 Å². The van der Waals surface area contributed by atoms with Crippen molar-refractivity contribution >= 4 is 0 Å². The van der Waals surface area contributed by atoms with E-state index in [-0.39, 0.29) is 0 Å². The molecule has 1 atom stereocenters. The highest BCUT2D eigenvalue weighted by Crippen LogP contribution is 2.30. The molecule has 0 amide bonds. The first-order valence-corrected chi connectivity index (χ1v) is 7.77. The minimum absolute atomic E-state index is 0.821. The van der Waals surface area contributed by atoms with Crippen LogP contribution >= 0.6 is 0 Å². The molecule has 0 aromatic heterocycles. The summed E-state index contributed by atoms with van der Waals surface area (Å²) in [6, 6.07) is 1.72. The lowest BCUT2D eigenvalue weighted by molar-refractivity contribution is 0.0644. The monoisotopic (exact) mass is 238 g/mol. The van der Waals surface area contributed by atoms with Crippen molar-refractivity contribution < 1.29 is 0 Å². The van der Waals surface area contributed by atoms with Gasteiger partial charge in [-0.3, -0.25) is 4.90 Å². The van der Waals surface area contributed by atoms with Crippen molar-refractivity contribution in [1.29, 1.82) is 0 Å². The Hall–Kier alpha value is -0.0800. The van der Waals surface area contributed by atoms with Gasteiger partial charge < -0.3 is 5.32 Å². The average molecular weight is 238 g/mol. The van der Waals surface area contributed by atoms with Gasteiger partial charge >= 0.3 is 0 Å². The minimum atomic E-state index is 0.821. The lowest BCUT2D eigenvalue weighted by Crippen LogP contribution is -2.51. The zero-order chi connectivity index (χ0) is 12.1. The van der Waals surface area contributed by atoms with E-state index in [1.165, 1.54) is 58.0 Å². The van der Waals surface area contributed by atoms with E-state index in [4.69, 9.17) is 0 Å². The van der Waals surface area contributed by atoms with Crippen LogP contribution in [-0.4, -0.2) is 36.6 Å². The molecule has 0 aromatic carbocycles. The first kappa shape index (κ1) is 13.4. The standard InChI is InChI=1S/C15H30N2/c1-3-16-12-15-6-4-5-11-17(15)14-9-7-13(2)8-10-14/h13-16H,3-12H2,1-2H3. The van der Waals surface area contributed by atoms with E-state index < -0.39 is 0 Å². The van der Waals surface area contributed by atoms with Crippen molar-refractivity contribution in [3.05, 3.63) is 0 Å². The molecule has 1 aliphatic carbocycles. The van der Waals surface area contributed by atoms with E-state index in [9.17, 15) is 0 Å². The van der Waals surface area contributed by atoms with E-state index in [1.54, 1.807) is 0 Å². The van der Waals surface area contributed by atoms with Gasteiger partial charge in [0.15, 0.2) is 0 Å². The Morgan fingerprint density at radius 3 is 2.53 bits per heavy atom. The molecule has 0 aromatic rings. The molecule has 1 N–H and O–H groups in total. The molecule has 1 aliphatic heterocycles. The van der Waals surface area contributed by atoms with Crippen LogP contribution in [0.25, 0.3) is 0 Å². The second kappa shape index (κ2) is 6.75. The summed E-state index contributed by atoms with van der Waals surface area (Å²) in [6.07, 6.45) is 10.1. The third-order valence-electron chi connectivity index (χ3n) is 4.76. The molecule has 0 bridgehead atoms. The fourth-order valence-electron chi connectivity index (χ4n) is 3.61. The van der Waals surface area contributed by atoms with Crippen LogP contribution in [0, 0.1) is 5.92 Å². The maximum absolute atomic E-state index is 3.55. The van der Waals surface area contributed by atoms with Crippen molar-refractivity contribution in [2.24, 2.45) is 5.92 Å². The molecule has 1 unspecified atom stereocenters. The predicted octanol–water partition coefficient (Wildman–Crippen LogP) is 3.03. The molecule has 2 heteroatoms. The van der Waals surface area contributed by atoms with Gasteiger partial charge in [0.2, 0.25) is 0 Å². The quantitative estimate of drug-likeness (QED) is 0.810. The summed E-state index contributed by atoms with van der Waals surface area (Å²) >= 11 is 0. The molecule has 1 heterocycles. The van der Waals surface area contributed by atoms with E-state index in [0.29, 0.717) is 0 Å². The molecule has 1 saturated carbocycles. The second-order valence-corrected chi connectivity index (χ2v) is 6.11. The van der Waals surface area contributed by atoms with E-state index in [1.807, 2.05) is 0 Å². The summed E-state index contributed by atoms with van der Waals surface area (Å²) in [7, 11) is 0. The lowest BCUT2D eigenvalue weighted by atomic mass is 9.85. The average Bonchev–Trinajstić information content (AvgIpc) is 2.38. The Kier molecular flexibility index (Phi) is 5.30. The van der Waals surface area contributed by atoms with Crippen molar-refractivity contribution in [2.75, 3.05) is 19.6 Å². The van der Waals surface area contributed by atoms with Crippen molar-refractivity contribution in [3.8, 4) is 0 Å². The number of hydrogen-bond acceptors (Lipinski definition) is 2. The van der Waals surface area contributed by atoms with Crippen molar-refractivity contribution in [1.82, 2.24) is 10.2 Å². The summed E-state index contributed by atoms with van der Waals surface area (Å²) in [5, 5.41) is 3.55. The summed E-state index contributed by atoms with van der Waals surface area (Å²) in [4.78, 5) is 2.85. The minimum Gasteiger partial charge on any atom is -0.315 e. The van der Waals surface area contributed by atoms with Gasteiger partial charge in [-0.15, -0.1) is 0 Å². The summed E-state index contributed by atoms with van der Waals surface area (Å²) in [5.41, 5.74) is 0. The number of nitrogens with one attached hydrogen (secondary N) is 1. The van der Waals surface area contributed by atoms with Gasteiger partial charge in [0.1, 0.15) is 0 Å². The van der Waals surface area contributed by atoms with Crippen LogP contribution in [0.5, 0.6) is 0 Å². The largest absolute Gasteiger partial charge is 0.315 e. The molecule has 2 aliphatic rings. The number of piperidine rings is 1. The number of nitrogens with zero attached hydrogens (tertiary/aromatic N) is 1. The molecular weight excluding hydrogens is 208 g/mol. The molecule has 0 radical (unpaired) electrons. The highest BCUT2D eigenvalue weighted by atomic mass is 15.2. The maximum Gasteiger partial charge on any atom is 0.0223 e. The lowest BCUT2D eigenvalue weighted by Gasteiger charge is -2.43. The topological polar surface area (TPSA) is 15.3 Å². The van der Waals surface area contributed by atoms with Crippen LogP contribution in [-0.2, 0) is 0 Å².